The molecule has 0 atom stereocenters. The van der Waals surface area contributed by atoms with Crippen LogP contribution in [0.15, 0.2) is 38.8 Å². The van der Waals surface area contributed by atoms with Gasteiger partial charge in [0.1, 0.15) is 4.90 Å². The molecule has 0 bridgehead atoms. The second-order valence-electron chi connectivity index (χ2n) is 3.03. The molecule has 0 N–H and O–H groups in total. The molecule has 0 aliphatic heterocycles. The molecular weight excluding hydrogens is 300 g/mol. The lowest BCUT2D eigenvalue weighted by atomic mass is 10.4. The van der Waals surface area contributed by atoms with Gasteiger partial charge in [-0.25, -0.2) is 0 Å². The number of halogens is 1. The maximum absolute atomic E-state index is 11.8. The van der Waals surface area contributed by atoms with Crippen molar-refractivity contribution in [1.82, 2.24) is 10.2 Å². The molecule has 6 nitrogen and oxygen atoms in total. The fraction of sp³-hybridized carbons (Fsp3) is 0.111. The smallest absolute Gasteiger partial charge is 0.382 e. The van der Waals surface area contributed by atoms with E-state index in [1.165, 1.54) is 30.0 Å². The zero-order valence-electron chi connectivity index (χ0n) is 9.03. The lowest BCUT2D eigenvalue weighted by Gasteiger charge is -2.02. The molecule has 0 fully saturated rings. The summed E-state index contributed by atoms with van der Waals surface area (Å²) in [5.41, 5.74) is 0. The Hall–Kier alpha value is -1.25. The topological polar surface area (TPSA) is 82.3 Å². The molecule has 0 aliphatic carbocycles. The van der Waals surface area contributed by atoms with Crippen molar-refractivity contribution in [2.24, 2.45) is 0 Å². The lowest BCUT2D eigenvalue weighted by molar-refractivity contribution is 0.333. The highest BCUT2D eigenvalue weighted by molar-refractivity contribution is 7.98. The first-order chi connectivity index (χ1) is 8.51. The van der Waals surface area contributed by atoms with Crippen LogP contribution in [0.5, 0.6) is 6.08 Å². The minimum absolute atomic E-state index is 0.0844. The van der Waals surface area contributed by atoms with Gasteiger partial charge in [-0.2, -0.15) is 8.42 Å². The zero-order valence-corrected chi connectivity index (χ0v) is 11.4. The molecule has 0 saturated heterocycles. The molecule has 0 saturated carbocycles. The summed E-state index contributed by atoms with van der Waals surface area (Å²) in [7, 11) is -4.02. The van der Waals surface area contributed by atoms with E-state index >= 15 is 0 Å². The van der Waals surface area contributed by atoms with Crippen LogP contribution >= 0.6 is 23.4 Å². The average molecular weight is 307 g/mol. The molecule has 0 aliphatic rings. The van der Waals surface area contributed by atoms with Crippen LogP contribution < -0.4 is 4.18 Å². The highest BCUT2D eigenvalue weighted by Crippen LogP contribution is 2.22. The SMILES string of the molecule is CSc1nnc(OS(=O)(=O)c2cccc(Cl)c2)o1. The Morgan fingerprint density at radius 3 is 2.78 bits per heavy atom. The summed E-state index contributed by atoms with van der Waals surface area (Å²) in [4.78, 5) is -0.0844. The van der Waals surface area contributed by atoms with E-state index in [1.807, 2.05) is 0 Å². The van der Waals surface area contributed by atoms with Crippen molar-refractivity contribution in [1.29, 1.82) is 0 Å². The molecule has 96 valence electrons. The second-order valence-corrected chi connectivity index (χ2v) is 5.77. The van der Waals surface area contributed by atoms with Crippen LogP contribution in [0.3, 0.4) is 0 Å². The molecule has 0 unspecified atom stereocenters. The van der Waals surface area contributed by atoms with Gasteiger partial charge < -0.3 is 8.60 Å². The average Bonchev–Trinajstić information content (AvgIpc) is 2.76. The molecule has 9 heteroatoms. The summed E-state index contributed by atoms with van der Waals surface area (Å²) in [5.74, 6) is 0. The Labute approximate surface area is 112 Å². The monoisotopic (exact) mass is 306 g/mol. The van der Waals surface area contributed by atoms with E-state index in [0.717, 1.165) is 0 Å². The van der Waals surface area contributed by atoms with E-state index in [0.29, 0.717) is 0 Å². The van der Waals surface area contributed by atoms with E-state index in [2.05, 4.69) is 14.4 Å². The minimum Gasteiger partial charge on any atom is -0.382 e. The molecule has 18 heavy (non-hydrogen) atoms. The summed E-state index contributed by atoms with van der Waals surface area (Å²) in [6, 6.07) is 5.68. The molecule has 1 heterocycles. The molecule has 1 aromatic carbocycles. The summed E-state index contributed by atoms with van der Waals surface area (Å²) in [6.07, 6.45) is 1.28. The third-order valence-corrected chi connectivity index (χ3v) is 3.77. The van der Waals surface area contributed by atoms with Crippen molar-refractivity contribution in [3.63, 3.8) is 0 Å². The Balaban J connectivity index is 2.27. The first kappa shape index (κ1) is 13.2. The summed E-state index contributed by atoms with van der Waals surface area (Å²) in [6.45, 7) is 0. The van der Waals surface area contributed by atoms with Crippen LogP contribution in [-0.2, 0) is 10.1 Å². The van der Waals surface area contributed by atoms with Crippen molar-refractivity contribution >= 4 is 33.5 Å². The second kappa shape index (κ2) is 5.17. The lowest BCUT2D eigenvalue weighted by Crippen LogP contribution is -2.09. The van der Waals surface area contributed by atoms with Crippen LogP contribution in [0.2, 0.25) is 5.02 Å². The standard InChI is InChI=1S/C9H7ClN2O4S2/c1-17-9-12-11-8(15-9)16-18(13,14)7-4-2-3-6(10)5-7/h2-5H,1H3. The number of rotatable bonds is 4. The van der Waals surface area contributed by atoms with E-state index in [9.17, 15) is 8.42 Å². The van der Waals surface area contributed by atoms with Gasteiger partial charge in [0.25, 0.3) is 5.22 Å². The largest absolute Gasteiger partial charge is 0.431 e. The zero-order chi connectivity index (χ0) is 13.2. The van der Waals surface area contributed by atoms with Gasteiger partial charge in [0, 0.05) is 5.02 Å². The Bertz CT molecular complexity index is 656. The fourth-order valence-corrected chi connectivity index (χ4v) is 2.48. The number of nitrogens with zero attached hydrogens (tertiary/aromatic N) is 2. The van der Waals surface area contributed by atoms with Gasteiger partial charge >= 0.3 is 16.2 Å². The molecule has 0 amide bonds. The van der Waals surface area contributed by atoms with Crippen LogP contribution in [-0.4, -0.2) is 24.9 Å². The highest BCUT2D eigenvalue weighted by Gasteiger charge is 2.20. The predicted molar refractivity (Wildman–Crippen MR) is 65.3 cm³/mol. The van der Waals surface area contributed by atoms with E-state index < -0.39 is 16.2 Å². The minimum atomic E-state index is -4.02. The maximum Gasteiger partial charge on any atom is 0.431 e. The first-order valence-electron chi connectivity index (χ1n) is 4.59. The normalized spacial score (nSPS) is 11.4. The third-order valence-electron chi connectivity index (χ3n) is 1.83. The Morgan fingerprint density at radius 1 is 1.39 bits per heavy atom. The summed E-state index contributed by atoms with van der Waals surface area (Å²) < 4.78 is 33.3. The van der Waals surface area contributed by atoms with Gasteiger partial charge in [0.15, 0.2) is 0 Å². The fourth-order valence-electron chi connectivity index (χ4n) is 1.08. The van der Waals surface area contributed by atoms with Crippen LogP contribution in [0.25, 0.3) is 0 Å². The van der Waals surface area contributed by atoms with Crippen LogP contribution in [0.1, 0.15) is 0 Å². The van der Waals surface area contributed by atoms with E-state index in [-0.39, 0.29) is 15.1 Å². The number of aromatic nitrogens is 2. The van der Waals surface area contributed by atoms with Gasteiger partial charge in [0.05, 0.1) is 0 Å². The molecule has 0 radical (unpaired) electrons. The van der Waals surface area contributed by atoms with Gasteiger partial charge in [-0.05, 0) is 24.5 Å². The van der Waals surface area contributed by atoms with Gasteiger partial charge in [0.2, 0.25) is 0 Å². The number of hydrogen-bond acceptors (Lipinski definition) is 7. The van der Waals surface area contributed by atoms with Crippen molar-refractivity contribution in [3.8, 4) is 6.08 Å². The van der Waals surface area contributed by atoms with Gasteiger partial charge in [-0.15, -0.1) is 0 Å². The highest BCUT2D eigenvalue weighted by atomic mass is 35.5. The third kappa shape index (κ3) is 2.95. The summed E-state index contributed by atoms with van der Waals surface area (Å²) >= 11 is 6.88. The predicted octanol–water partition coefficient (Wildman–Crippen LogP) is 2.21. The number of thioether (sulfide) groups is 1. The number of hydrogen-bond donors (Lipinski definition) is 0. The van der Waals surface area contributed by atoms with Gasteiger partial charge in [-0.1, -0.05) is 39.6 Å². The Morgan fingerprint density at radius 2 is 2.17 bits per heavy atom. The Kier molecular flexibility index (Phi) is 3.79. The first-order valence-corrected chi connectivity index (χ1v) is 7.60. The molecule has 0 spiro atoms. The summed E-state index contributed by atoms with van der Waals surface area (Å²) in [5, 5.41) is 7.51. The van der Waals surface area contributed by atoms with Crippen molar-refractivity contribution in [2.75, 3.05) is 6.26 Å². The van der Waals surface area contributed by atoms with Gasteiger partial charge in [-0.3, -0.25) is 0 Å². The molecule has 2 rings (SSSR count). The van der Waals surface area contributed by atoms with Crippen molar-refractivity contribution in [2.45, 2.75) is 10.1 Å². The van der Waals surface area contributed by atoms with E-state index in [1.54, 1.807) is 12.3 Å². The molecular formula is C9H7ClN2O4S2. The van der Waals surface area contributed by atoms with Crippen molar-refractivity contribution in [3.05, 3.63) is 29.3 Å². The van der Waals surface area contributed by atoms with E-state index in [4.69, 9.17) is 16.0 Å². The maximum atomic E-state index is 11.8. The molecule has 2 aromatic rings. The number of benzene rings is 1. The molecule has 1 aromatic heterocycles. The quantitative estimate of drug-likeness (QED) is 0.632. The van der Waals surface area contributed by atoms with Crippen LogP contribution in [0, 0.1) is 0 Å². The van der Waals surface area contributed by atoms with Crippen LogP contribution in [0.4, 0.5) is 0 Å². The van der Waals surface area contributed by atoms with Crippen molar-refractivity contribution < 1.29 is 17.0 Å².